The molecule has 0 aromatic heterocycles. The number of carbonyl (C=O) groups is 2. The van der Waals surface area contributed by atoms with Crippen molar-refractivity contribution in [2.75, 3.05) is 12.4 Å². The van der Waals surface area contributed by atoms with Crippen molar-refractivity contribution in [2.24, 2.45) is 5.41 Å². The number of hydrogen-bond donors (Lipinski definition) is 0. The summed E-state index contributed by atoms with van der Waals surface area (Å²) in [6, 6.07) is 3.99. The number of aryl methyl sites for hydroxylation is 3. The van der Waals surface area contributed by atoms with Crippen LogP contribution >= 0.6 is 11.6 Å². The topological polar surface area (TPSA) is 46.6 Å². The fourth-order valence-electron chi connectivity index (χ4n) is 4.08. The molecule has 1 atom stereocenters. The Morgan fingerprint density at radius 1 is 1.22 bits per heavy atom. The van der Waals surface area contributed by atoms with Crippen molar-refractivity contribution in [1.82, 2.24) is 4.90 Å². The molecular weight excluding hydrogens is 362 g/mol. The van der Waals surface area contributed by atoms with Gasteiger partial charge in [0.2, 0.25) is 0 Å². The van der Waals surface area contributed by atoms with Crippen molar-refractivity contribution in [3.63, 3.8) is 0 Å². The smallest absolute Gasteiger partial charge is 0.317 e. The van der Waals surface area contributed by atoms with Gasteiger partial charge in [0.05, 0.1) is 17.0 Å². The average molecular weight is 390 g/mol. The number of esters is 1. The molecule has 1 aromatic rings. The van der Waals surface area contributed by atoms with Gasteiger partial charge in [-0.05, 0) is 70.6 Å². The third-order valence-electron chi connectivity index (χ3n) is 5.54. The maximum atomic E-state index is 13.3. The number of fused-ring (bicyclic) bond motifs is 1. The molecule has 1 unspecified atom stereocenters. The lowest BCUT2D eigenvalue weighted by Gasteiger charge is -2.31. The summed E-state index contributed by atoms with van der Waals surface area (Å²) in [7, 11) is 0. The molecule has 2 heterocycles. The second kappa shape index (κ2) is 7.31. The summed E-state index contributed by atoms with van der Waals surface area (Å²) in [4.78, 5) is 27.9. The number of nitrogens with zero attached hydrogens (tertiary/aromatic N) is 1. The summed E-state index contributed by atoms with van der Waals surface area (Å²) < 4.78 is 5.91. The van der Waals surface area contributed by atoms with Crippen LogP contribution in [0.15, 0.2) is 17.9 Å². The molecule has 1 amide bonds. The van der Waals surface area contributed by atoms with Gasteiger partial charge in [0.15, 0.2) is 0 Å². The summed E-state index contributed by atoms with van der Waals surface area (Å²) in [5.74, 6) is 0.270. The normalized spacial score (nSPS) is 20.1. The summed E-state index contributed by atoms with van der Waals surface area (Å²) in [5, 5.41) is 0. The standard InChI is InChI=1S/C22H28ClNO3/c1-13-10-14(2)17(15(3)11-13)18-19(27-21(26)22(4,5)12-23)16-8-6-7-9-24(16)20(18)25/h10-11,16H,6-9,12H2,1-5H3. The number of ether oxygens (including phenoxy) is 1. The molecule has 2 aliphatic rings. The van der Waals surface area contributed by atoms with E-state index in [1.807, 2.05) is 25.7 Å². The van der Waals surface area contributed by atoms with Gasteiger partial charge in [-0.1, -0.05) is 17.7 Å². The number of alkyl halides is 1. The highest BCUT2D eigenvalue weighted by molar-refractivity contribution is 6.24. The number of amides is 1. The van der Waals surface area contributed by atoms with E-state index >= 15 is 0 Å². The van der Waals surface area contributed by atoms with Crippen molar-refractivity contribution in [3.05, 3.63) is 40.1 Å². The molecule has 3 rings (SSSR count). The van der Waals surface area contributed by atoms with E-state index in [0.29, 0.717) is 17.9 Å². The van der Waals surface area contributed by atoms with Gasteiger partial charge in [0.25, 0.3) is 5.91 Å². The minimum Gasteiger partial charge on any atom is -0.428 e. The highest BCUT2D eigenvalue weighted by atomic mass is 35.5. The fourth-order valence-corrected chi connectivity index (χ4v) is 4.19. The first kappa shape index (κ1) is 19.9. The first-order chi connectivity index (χ1) is 12.7. The quantitative estimate of drug-likeness (QED) is 0.561. The van der Waals surface area contributed by atoms with E-state index in [4.69, 9.17) is 16.3 Å². The van der Waals surface area contributed by atoms with Crippen LogP contribution in [0.2, 0.25) is 0 Å². The van der Waals surface area contributed by atoms with Gasteiger partial charge in [-0.2, -0.15) is 0 Å². The monoisotopic (exact) mass is 389 g/mol. The molecule has 0 N–H and O–H groups in total. The largest absolute Gasteiger partial charge is 0.428 e. The lowest BCUT2D eigenvalue weighted by atomic mass is 9.92. The molecule has 0 bridgehead atoms. The van der Waals surface area contributed by atoms with Crippen LogP contribution in [0.3, 0.4) is 0 Å². The van der Waals surface area contributed by atoms with Gasteiger partial charge in [0.1, 0.15) is 5.76 Å². The summed E-state index contributed by atoms with van der Waals surface area (Å²) in [5.41, 5.74) is 3.85. The zero-order valence-corrected chi connectivity index (χ0v) is 17.6. The van der Waals surface area contributed by atoms with Gasteiger partial charge in [-0.15, -0.1) is 11.6 Å². The van der Waals surface area contributed by atoms with Crippen LogP contribution in [0.1, 0.15) is 55.4 Å². The first-order valence-corrected chi connectivity index (χ1v) is 10.1. The van der Waals surface area contributed by atoms with E-state index < -0.39 is 5.41 Å². The Labute approximate surface area is 166 Å². The molecule has 1 aromatic carbocycles. The molecule has 5 heteroatoms. The number of piperidine rings is 1. The number of benzene rings is 1. The molecule has 0 saturated carbocycles. The third-order valence-corrected chi connectivity index (χ3v) is 6.21. The molecule has 1 saturated heterocycles. The lowest BCUT2D eigenvalue weighted by Crippen LogP contribution is -2.40. The predicted octanol–water partition coefficient (Wildman–Crippen LogP) is 4.53. The fraction of sp³-hybridized carbons (Fsp3) is 0.545. The summed E-state index contributed by atoms with van der Waals surface area (Å²) in [6.07, 6.45) is 2.83. The van der Waals surface area contributed by atoms with Gasteiger partial charge >= 0.3 is 5.97 Å². The average Bonchev–Trinajstić information content (AvgIpc) is 2.87. The second-order valence-electron chi connectivity index (χ2n) is 8.43. The van der Waals surface area contributed by atoms with E-state index in [1.54, 1.807) is 13.8 Å². The van der Waals surface area contributed by atoms with Crippen LogP contribution in [0, 0.1) is 26.2 Å². The second-order valence-corrected chi connectivity index (χ2v) is 8.70. The van der Waals surface area contributed by atoms with Crippen molar-refractivity contribution in [1.29, 1.82) is 0 Å². The Morgan fingerprint density at radius 2 is 1.85 bits per heavy atom. The van der Waals surface area contributed by atoms with Crippen LogP contribution < -0.4 is 0 Å². The van der Waals surface area contributed by atoms with Crippen LogP contribution in [0.4, 0.5) is 0 Å². The van der Waals surface area contributed by atoms with E-state index in [9.17, 15) is 9.59 Å². The molecule has 0 spiro atoms. The minimum atomic E-state index is -0.803. The highest BCUT2D eigenvalue weighted by Gasteiger charge is 2.45. The molecular formula is C22H28ClNO3. The molecule has 4 nitrogen and oxygen atoms in total. The molecule has 27 heavy (non-hydrogen) atoms. The Bertz CT molecular complexity index is 802. The Morgan fingerprint density at radius 3 is 2.44 bits per heavy atom. The number of carbonyl (C=O) groups excluding carboxylic acids is 2. The van der Waals surface area contributed by atoms with Crippen molar-refractivity contribution >= 4 is 29.1 Å². The van der Waals surface area contributed by atoms with Crippen molar-refractivity contribution in [3.8, 4) is 0 Å². The van der Waals surface area contributed by atoms with Crippen LogP contribution in [-0.4, -0.2) is 35.2 Å². The van der Waals surface area contributed by atoms with Crippen LogP contribution in [-0.2, 0) is 14.3 Å². The van der Waals surface area contributed by atoms with Gasteiger partial charge < -0.3 is 9.64 Å². The molecule has 2 aliphatic heterocycles. The Balaban J connectivity index is 2.15. The Kier molecular flexibility index (Phi) is 5.40. The van der Waals surface area contributed by atoms with Gasteiger partial charge in [0, 0.05) is 12.4 Å². The zero-order chi connectivity index (χ0) is 19.9. The van der Waals surface area contributed by atoms with Crippen LogP contribution in [0.25, 0.3) is 5.57 Å². The first-order valence-electron chi connectivity index (χ1n) is 9.59. The molecule has 146 valence electrons. The maximum absolute atomic E-state index is 13.3. The summed E-state index contributed by atoms with van der Waals surface area (Å²) >= 11 is 5.97. The zero-order valence-electron chi connectivity index (χ0n) is 16.8. The predicted molar refractivity (Wildman–Crippen MR) is 108 cm³/mol. The number of halogens is 1. The van der Waals surface area contributed by atoms with E-state index in [1.165, 1.54) is 0 Å². The SMILES string of the molecule is Cc1cc(C)c(C2=C(OC(=O)C(C)(C)CCl)C3CCCCN3C2=O)c(C)c1. The third kappa shape index (κ3) is 3.52. The minimum absolute atomic E-state index is 0.0266. The number of rotatable bonds is 4. The molecule has 0 radical (unpaired) electrons. The van der Waals surface area contributed by atoms with Crippen molar-refractivity contribution < 1.29 is 14.3 Å². The highest BCUT2D eigenvalue weighted by Crippen LogP contribution is 2.41. The lowest BCUT2D eigenvalue weighted by molar-refractivity contribution is -0.149. The maximum Gasteiger partial charge on any atom is 0.317 e. The summed E-state index contributed by atoms with van der Waals surface area (Å²) in [6.45, 7) is 10.3. The Hall–Kier alpha value is -1.81. The van der Waals surface area contributed by atoms with Gasteiger partial charge in [-0.25, -0.2) is 0 Å². The molecule has 0 aliphatic carbocycles. The van der Waals surface area contributed by atoms with E-state index in [2.05, 4.69) is 12.1 Å². The van der Waals surface area contributed by atoms with Crippen LogP contribution in [0.5, 0.6) is 0 Å². The molecule has 1 fully saturated rings. The number of hydrogen-bond acceptors (Lipinski definition) is 3. The van der Waals surface area contributed by atoms with Crippen molar-refractivity contribution in [2.45, 2.75) is 59.9 Å². The van der Waals surface area contributed by atoms with E-state index in [-0.39, 0.29) is 23.8 Å². The van der Waals surface area contributed by atoms with Gasteiger partial charge in [-0.3, -0.25) is 9.59 Å². The van der Waals surface area contributed by atoms with E-state index in [0.717, 1.165) is 41.5 Å².